The van der Waals surface area contributed by atoms with E-state index in [1.165, 1.54) is 0 Å². The molecule has 1 unspecified atom stereocenters. The molecule has 1 aliphatic rings. The number of aliphatic hydroxyl groups excluding tert-OH is 1. The van der Waals surface area contributed by atoms with Crippen LogP contribution in [-0.4, -0.2) is 29.2 Å². The van der Waals surface area contributed by atoms with Crippen LogP contribution in [0.2, 0.25) is 0 Å². The maximum Gasteiger partial charge on any atom is 0.222 e. The lowest BCUT2D eigenvalue weighted by molar-refractivity contribution is -0.124. The fraction of sp³-hybridized carbons (Fsp3) is 0.923. The summed E-state index contributed by atoms with van der Waals surface area (Å²) in [6.07, 6.45) is 4.02. The van der Waals surface area contributed by atoms with Gasteiger partial charge in [-0.1, -0.05) is 20.8 Å². The van der Waals surface area contributed by atoms with Crippen molar-refractivity contribution in [2.24, 2.45) is 11.1 Å². The molecule has 4 heteroatoms. The Morgan fingerprint density at radius 3 is 2.41 bits per heavy atom. The smallest absolute Gasteiger partial charge is 0.222 e. The van der Waals surface area contributed by atoms with E-state index in [0.29, 0.717) is 12.8 Å². The average Bonchev–Trinajstić information content (AvgIpc) is 2.13. The molecule has 0 aromatic rings. The maximum absolute atomic E-state index is 11.9. The van der Waals surface area contributed by atoms with Crippen molar-refractivity contribution in [3.05, 3.63) is 0 Å². The molecular formula is C13H26N2O2. The fourth-order valence-electron chi connectivity index (χ4n) is 2.22. The summed E-state index contributed by atoms with van der Waals surface area (Å²) in [4.78, 5) is 11.9. The van der Waals surface area contributed by atoms with E-state index in [0.717, 1.165) is 19.3 Å². The number of nitrogens with one attached hydrogen (secondary N) is 1. The fourth-order valence-corrected chi connectivity index (χ4v) is 2.22. The van der Waals surface area contributed by atoms with E-state index >= 15 is 0 Å². The second-order valence-electron chi connectivity index (χ2n) is 6.39. The lowest BCUT2D eigenvalue weighted by Gasteiger charge is -2.39. The Balaban J connectivity index is 2.46. The summed E-state index contributed by atoms with van der Waals surface area (Å²) < 4.78 is 0. The molecule has 0 bridgehead atoms. The third kappa shape index (κ3) is 4.28. The SMILES string of the molecule is CC(C)(C)C(CCO)NC(=O)CC1(N)CCC1. The van der Waals surface area contributed by atoms with Gasteiger partial charge in [0.1, 0.15) is 0 Å². The number of carbonyl (C=O) groups is 1. The molecule has 0 radical (unpaired) electrons. The molecule has 4 nitrogen and oxygen atoms in total. The molecule has 1 atom stereocenters. The molecule has 17 heavy (non-hydrogen) atoms. The zero-order valence-corrected chi connectivity index (χ0v) is 11.3. The first kappa shape index (κ1) is 14.5. The highest BCUT2D eigenvalue weighted by Crippen LogP contribution is 2.32. The summed E-state index contributed by atoms with van der Waals surface area (Å²) in [7, 11) is 0. The minimum atomic E-state index is -0.272. The van der Waals surface area contributed by atoms with Gasteiger partial charge >= 0.3 is 0 Å². The topological polar surface area (TPSA) is 75.3 Å². The van der Waals surface area contributed by atoms with Gasteiger partial charge in [0.2, 0.25) is 5.91 Å². The second-order valence-corrected chi connectivity index (χ2v) is 6.39. The lowest BCUT2D eigenvalue weighted by Crippen LogP contribution is -2.52. The van der Waals surface area contributed by atoms with Gasteiger partial charge in [0, 0.05) is 24.6 Å². The van der Waals surface area contributed by atoms with Gasteiger partial charge < -0.3 is 16.2 Å². The monoisotopic (exact) mass is 242 g/mol. The van der Waals surface area contributed by atoms with E-state index in [2.05, 4.69) is 26.1 Å². The molecule has 4 N–H and O–H groups in total. The van der Waals surface area contributed by atoms with E-state index in [-0.39, 0.29) is 29.5 Å². The van der Waals surface area contributed by atoms with Crippen LogP contribution in [0.4, 0.5) is 0 Å². The van der Waals surface area contributed by atoms with E-state index in [1.54, 1.807) is 0 Å². The molecule has 0 heterocycles. The third-order valence-corrected chi connectivity index (χ3v) is 3.66. The van der Waals surface area contributed by atoms with E-state index in [1.807, 2.05) is 0 Å². The van der Waals surface area contributed by atoms with E-state index in [9.17, 15) is 4.79 Å². The second kappa shape index (κ2) is 5.36. The Bertz CT molecular complexity index is 267. The summed E-state index contributed by atoms with van der Waals surface area (Å²) in [6.45, 7) is 6.29. The van der Waals surface area contributed by atoms with Crippen molar-refractivity contribution in [2.45, 2.75) is 64.5 Å². The molecule has 0 spiro atoms. The highest BCUT2D eigenvalue weighted by Gasteiger charge is 2.36. The summed E-state index contributed by atoms with van der Waals surface area (Å²) in [5, 5.41) is 12.0. The number of hydrogen-bond acceptors (Lipinski definition) is 3. The van der Waals surface area contributed by atoms with Crippen LogP contribution in [0.1, 0.15) is 52.9 Å². The molecule has 0 saturated heterocycles. The Morgan fingerprint density at radius 2 is 2.06 bits per heavy atom. The van der Waals surface area contributed by atoms with Crippen LogP contribution in [-0.2, 0) is 4.79 Å². The maximum atomic E-state index is 11.9. The first-order valence-corrected chi connectivity index (χ1v) is 6.46. The summed E-state index contributed by atoms with van der Waals surface area (Å²) in [6, 6.07) is 0.00340. The zero-order chi connectivity index (χ0) is 13.1. The van der Waals surface area contributed by atoms with Crippen molar-refractivity contribution in [1.29, 1.82) is 0 Å². The van der Waals surface area contributed by atoms with Crippen molar-refractivity contribution < 1.29 is 9.90 Å². The van der Waals surface area contributed by atoms with Gasteiger partial charge in [0.25, 0.3) is 0 Å². The number of carbonyl (C=O) groups excluding carboxylic acids is 1. The van der Waals surface area contributed by atoms with Crippen molar-refractivity contribution >= 4 is 5.91 Å². The Hall–Kier alpha value is -0.610. The van der Waals surface area contributed by atoms with Gasteiger partial charge in [-0.05, 0) is 31.1 Å². The predicted octanol–water partition coefficient (Wildman–Crippen LogP) is 1.17. The number of hydrogen-bond donors (Lipinski definition) is 3. The number of rotatable bonds is 5. The Labute approximate surface area is 104 Å². The summed E-state index contributed by atoms with van der Waals surface area (Å²) in [5.41, 5.74) is 5.74. The zero-order valence-electron chi connectivity index (χ0n) is 11.3. The third-order valence-electron chi connectivity index (χ3n) is 3.66. The van der Waals surface area contributed by atoms with Gasteiger partial charge in [0.05, 0.1) is 0 Å². The largest absolute Gasteiger partial charge is 0.396 e. The van der Waals surface area contributed by atoms with Crippen LogP contribution in [0.3, 0.4) is 0 Å². The normalized spacial score (nSPS) is 20.5. The van der Waals surface area contributed by atoms with Crippen molar-refractivity contribution in [1.82, 2.24) is 5.32 Å². The van der Waals surface area contributed by atoms with Crippen LogP contribution < -0.4 is 11.1 Å². The lowest BCUT2D eigenvalue weighted by atomic mass is 9.75. The molecule has 1 amide bonds. The van der Waals surface area contributed by atoms with Gasteiger partial charge in [-0.2, -0.15) is 0 Å². The number of amides is 1. The van der Waals surface area contributed by atoms with Gasteiger partial charge in [-0.15, -0.1) is 0 Å². The van der Waals surface area contributed by atoms with Crippen LogP contribution in [0.25, 0.3) is 0 Å². The first-order chi connectivity index (χ1) is 7.77. The summed E-state index contributed by atoms with van der Waals surface area (Å²) in [5.74, 6) is 0.0144. The number of nitrogens with two attached hydrogens (primary N) is 1. The molecule has 1 aliphatic carbocycles. The predicted molar refractivity (Wildman–Crippen MR) is 68.5 cm³/mol. The molecule has 0 aliphatic heterocycles. The molecule has 0 aromatic carbocycles. The van der Waals surface area contributed by atoms with E-state index in [4.69, 9.17) is 10.8 Å². The quantitative estimate of drug-likeness (QED) is 0.677. The van der Waals surface area contributed by atoms with Crippen molar-refractivity contribution in [3.8, 4) is 0 Å². The van der Waals surface area contributed by atoms with Crippen LogP contribution in [0.15, 0.2) is 0 Å². The van der Waals surface area contributed by atoms with Gasteiger partial charge in [-0.25, -0.2) is 0 Å². The highest BCUT2D eigenvalue weighted by atomic mass is 16.3. The highest BCUT2D eigenvalue weighted by molar-refractivity contribution is 5.77. The van der Waals surface area contributed by atoms with Crippen LogP contribution in [0, 0.1) is 5.41 Å². The minimum absolute atomic E-state index is 0.00340. The molecule has 100 valence electrons. The molecule has 1 fully saturated rings. The molecule has 1 rings (SSSR count). The Kier molecular flexibility index (Phi) is 4.55. The van der Waals surface area contributed by atoms with Gasteiger partial charge in [0.15, 0.2) is 0 Å². The number of aliphatic hydroxyl groups is 1. The molecular weight excluding hydrogens is 216 g/mol. The minimum Gasteiger partial charge on any atom is -0.396 e. The molecule has 0 aromatic heterocycles. The van der Waals surface area contributed by atoms with E-state index < -0.39 is 0 Å². The van der Waals surface area contributed by atoms with Crippen molar-refractivity contribution in [3.63, 3.8) is 0 Å². The molecule has 1 saturated carbocycles. The van der Waals surface area contributed by atoms with Crippen LogP contribution in [0.5, 0.6) is 0 Å². The summed E-state index contributed by atoms with van der Waals surface area (Å²) >= 11 is 0. The van der Waals surface area contributed by atoms with Gasteiger partial charge in [-0.3, -0.25) is 4.79 Å². The van der Waals surface area contributed by atoms with Crippen molar-refractivity contribution in [2.75, 3.05) is 6.61 Å². The average molecular weight is 242 g/mol. The first-order valence-electron chi connectivity index (χ1n) is 6.46. The standard InChI is InChI=1S/C13H26N2O2/c1-12(2,3)10(5-8-16)15-11(17)9-13(14)6-4-7-13/h10,16H,4-9,14H2,1-3H3,(H,15,17). The Morgan fingerprint density at radius 1 is 1.47 bits per heavy atom. The van der Waals surface area contributed by atoms with Crippen LogP contribution >= 0.6 is 0 Å².